The summed E-state index contributed by atoms with van der Waals surface area (Å²) in [7, 11) is 0. The van der Waals surface area contributed by atoms with Gasteiger partial charge in [-0.3, -0.25) is 4.90 Å². The lowest BCUT2D eigenvalue weighted by atomic mass is 10.2. The molecule has 17 heavy (non-hydrogen) atoms. The molecule has 2 rings (SSSR count). The van der Waals surface area contributed by atoms with Gasteiger partial charge >= 0.3 is 0 Å². The van der Waals surface area contributed by atoms with Gasteiger partial charge in [0.05, 0.1) is 12.6 Å². The van der Waals surface area contributed by atoms with Gasteiger partial charge in [0.1, 0.15) is 6.10 Å². The Morgan fingerprint density at radius 2 is 2.41 bits per heavy atom. The Balaban J connectivity index is 2.00. The van der Waals surface area contributed by atoms with Crippen LogP contribution in [0.3, 0.4) is 0 Å². The molecule has 1 aliphatic heterocycles. The largest absolute Gasteiger partial charge is 0.367 e. The summed E-state index contributed by atoms with van der Waals surface area (Å²) >= 11 is 0. The molecular formula is C11H20N4O2. The molecule has 0 radical (unpaired) electrons. The van der Waals surface area contributed by atoms with Crippen molar-refractivity contribution in [3.05, 3.63) is 11.7 Å². The van der Waals surface area contributed by atoms with Crippen LogP contribution in [0.1, 0.15) is 44.1 Å². The smallest absolute Gasteiger partial charge is 0.243 e. The fourth-order valence-corrected chi connectivity index (χ4v) is 1.94. The van der Waals surface area contributed by atoms with Crippen LogP contribution in [-0.4, -0.2) is 41.3 Å². The van der Waals surface area contributed by atoms with Gasteiger partial charge in [-0.05, 0) is 19.9 Å². The predicted octanol–water partition coefficient (Wildman–Crippen LogP) is 0.873. The molecule has 0 amide bonds. The summed E-state index contributed by atoms with van der Waals surface area (Å²) in [6.07, 6.45) is 1.05. The second kappa shape index (κ2) is 5.57. The van der Waals surface area contributed by atoms with E-state index in [1.807, 2.05) is 6.92 Å². The number of aromatic nitrogens is 2. The minimum Gasteiger partial charge on any atom is -0.367 e. The number of morpholine rings is 1. The van der Waals surface area contributed by atoms with E-state index in [1.54, 1.807) is 0 Å². The average molecular weight is 240 g/mol. The zero-order chi connectivity index (χ0) is 12.3. The molecule has 6 heteroatoms. The Kier molecular flexibility index (Phi) is 4.09. The maximum atomic E-state index is 5.68. The number of hydrogen-bond acceptors (Lipinski definition) is 6. The quantitative estimate of drug-likeness (QED) is 0.841. The van der Waals surface area contributed by atoms with E-state index in [-0.39, 0.29) is 12.1 Å². The van der Waals surface area contributed by atoms with Crippen LogP contribution in [0, 0.1) is 0 Å². The van der Waals surface area contributed by atoms with Gasteiger partial charge < -0.3 is 15.0 Å². The molecule has 1 aliphatic rings. The third kappa shape index (κ3) is 3.02. The lowest BCUT2D eigenvalue weighted by molar-refractivity contribution is -0.0350. The molecule has 0 spiro atoms. The van der Waals surface area contributed by atoms with E-state index in [1.165, 1.54) is 0 Å². The van der Waals surface area contributed by atoms with E-state index >= 15 is 0 Å². The molecule has 0 saturated carbocycles. The van der Waals surface area contributed by atoms with Crippen molar-refractivity contribution in [3.63, 3.8) is 0 Å². The van der Waals surface area contributed by atoms with Crippen LogP contribution < -0.4 is 5.73 Å². The summed E-state index contributed by atoms with van der Waals surface area (Å²) in [4.78, 5) is 6.63. The first-order valence-electron chi connectivity index (χ1n) is 6.13. The maximum Gasteiger partial charge on any atom is 0.243 e. The van der Waals surface area contributed by atoms with Crippen molar-refractivity contribution >= 4 is 0 Å². The van der Waals surface area contributed by atoms with E-state index < -0.39 is 0 Å². The first-order chi connectivity index (χ1) is 8.20. The summed E-state index contributed by atoms with van der Waals surface area (Å²) in [6, 6.07) is -0.230. The standard InChI is InChI=1S/C11H20N4O2/c1-3-4-15-5-6-16-9(7-15)10-13-11(8(2)12)17-14-10/h8-9H,3-7,12H2,1-2H3. The fourth-order valence-electron chi connectivity index (χ4n) is 1.94. The molecule has 2 unspecified atom stereocenters. The maximum absolute atomic E-state index is 5.68. The van der Waals surface area contributed by atoms with Crippen molar-refractivity contribution in [3.8, 4) is 0 Å². The van der Waals surface area contributed by atoms with E-state index in [9.17, 15) is 0 Å². The van der Waals surface area contributed by atoms with Crippen LogP contribution in [0.2, 0.25) is 0 Å². The van der Waals surface area contributed by atoms with Crippen LogP contribution >= 0.6 is 0 Å². The van der Waals surface area contributed by atoms with Gasteiger partial charge in [-0.2, -0.15) is 4.98 Å². The van der Waals surface area contributed by atoms with Crippen LogP contribution in [0.25, 0.3) is 0 Å². The van der Waals surface area contributed by atoms with Crippen molar-refractivity contribution in [1.82, 2.24) is 15.0 Å². The van der Waals surface area contributed by atoms with E-state index in [0.29, 0.717) is 18.3 Å². The monoisotopic (exact) mass is 240 g/mol. The molecule has 1 fully saturated rings. The summed E-state index contributed by atoms with van der Waals surface area (Å²) in [6.45, 7) is 7.59. The van der Waals surface area contributed by atoms with Crippen molar-refractivity contribution in [2.45, 2.75) is 32.4 Å². The number of rotatable bonds is 4. The fraction of sp³-hybridized carbons (Fsp3) is 0.818. The van der Waals surface area contributed by atoms with Crippen molar-refractivity contribution in [2.24, 2.45) is 5.73 Å². The van der Waals surface area contributed by atoms with Gasteiger partial charge in [0.25, 0.3) is 0 Å². The highest BCUT2D eigenvalue weighted by atomic mass is 16.5. The average Bonchev–Trinajstić information content (AvgIpc) is 2.79. The van der Waals surface area contributed by atoms with E-state index in [0.717, 1.165) is 26.1 Å². The van der Waals surface area contributed by atoms with Crippen LogP contribution in [0.15, 0.2) is 4.52 Å². The zero-order valence-corrected chi connectivity index (χ0v) is 10.4. The molecular weight excluding hydrogens is 220 g/mol. The summed E-state index contributed by atoms with van der Waals surface area (Å²) in [5.41, 5.74) is 5.68. The Morgan fingerprint density at radius 3 is 3.06 bits per heavy atom. The normalized spacial score (nSPS) is 23.8. The second-order valence-corrected chi connectivity index (χ2v) is 4.44. The van der Waals surface area contributed by atoms with Gasteiger partial charge in [0.2, 0.25) is 11.7 Å². The van der Waals surface area contributed by atoms with Crippen molar-refractivity contribution in [1.29, 1.82) is 0 Å². The minimum absolute atomic E-state index is 0.0912. The topological polar surface area (TPSA) is 77.4 Å². The molecule has 96 valence electrons. The molecule has 2 heterocycles. The van der Waals surface area contributed by atoms with Gasteiger partial charge in [-0.15, -0.1) is 0 Å². The highest BCUT2D eigenvalue weighted by molar-refractivity contribution is 4.96. The number of nitrogens with zero attached hydrogens (tertiary/aromatic N) is 3. The van der Waals surface area contributed by atoms with Crippen LogP contribution in [0.4, 0.5) is 0 Å². The van der Waals surface area contributed by atoms with Crippen molar-refractivity contribution < 1.29 is 9.26 Å². The molecule has 6 nitrogen and oxygen atoms in total. The number of nitrogens with two attached hydrogens (primary N) is 1. The summed E-state index contributed by atoms with van der Waals surface area (Å²) in [5.74, 6) is 1.08. The van der Waals surface area contributed by atoms with Crippen molar-refractivity contribution in [2.75, 3.05) is 26.2 Å². The summed E-state index contributed by atoms with van der Waals surface area (Å²) in [5, 5.41) is 3.94. The van der Waals surface area contributed by atoms with Gasteiger partial charge in [-0.25, -0.2) is 0 Å². The first-order valence-corrected chi connectivity index (χ1v) is 6.13. The third-order valence-electron chi connectivity index (χ3n) is 2.83. The SMILES string of the molecule is CCCN1CCOC(c2noc(C(C)N)n2)C1. The first kappa shape index (κ1) is 12.5. The highest BCUT2D eigenvalue weighted by Gasteiger charge is 2.26. The molecule has 2 atom stereocenters. The Labute approximate surface area is 101 Å². The van der Waals surface area contributed by atoms with Gasteiger partial charge in [-0.1, -0.05) is 12.1 Å². The number of ether oxygens (including phenoxy) is 1. The molecule has 0 aromatic carbocycles. The lowest BCUT2D eigenvalue weighted by Gasteiger charge is -2.30. The zero-order valence-electron chi connectivity index (χ0n) is 10.4. The Morgan fingerprint density at radius 1 is 1.59 bits per heavy atom. The lowest BCUT2D eigenvalue weighted by Crippen LogP contribution is -2.39. The molecule has 1 saturated heterocycles. The third-order valence-corrected chi connectivity index (χ3v) is 2.83. The summed E-state index contributed by atoms with van der Waals surface area (Å²) < 4.78 is 10.8. The van der Waals surface area contributed by atoms with Crippen LogP contribution in [-0.2, 0) is 4.74 Å². The van der Waals surface area contributed by atoms with Gasteiger partial charge in [0, 0.05) is 13.1 Å². The molecule has 1 aromatic rings. The molecule has 0 bridgehead atoms. The highest BCUT2D eigenvalue weighted by Crippen LogP contribution is 2.20. The van der Waals surface area contributed by atoms with Gasteiger partial charge in [0.15, 0.2) is 0 Å². The van der Waals surface area contributed by atoms with E-state index in [2.05, 4.69) is 22.0 Å². The minimum atomic E-state index is -0.230. The van der Waals surface area contributed by atoms with E-state index in [4.69, 9.17) is 15.0 Å². The molecule has 2 N–H and O–H groups in total. The van der Waals surface area contributed by atoms with Crippen LogP contribution in [0.5, 0.6) is 0 Å². The molecule has 1 aromatic heterocycles. The number of hydrogen-bond donors (Lipinski definition) is 1. The Hall–Kier alpha value is -0.980. The second-order valence-electron chi connectivity index (χ2n) is 4.44. The molecule has 0 aliphatic carbocycles. The predicted molar refractivity (Wildman–Crippen MR) is 62.3 cm³/mol. The Bertz CT molecular complexity index is 351.